The van der Waals surface area contributed by atoms with Gasteiger partial charge in [0.15, 0.2) is 0 Å². The minimum absolute atomic E-state index is 0.110. The molecular formula is C21H19ClN4O2. The third kappa shape index (κ3) is 3.77. The molecule has 1 aromatic heterocycles. The van der Waals surface area contributed by atoms with Gasteiger partial charge in [-0.3, -0.25) is 4.79 Å². The van der Waals surface area contributed by atoms with Gasteiger partial charge in [0.25, 0.3) is 5.91 Å². The second-order valence-electron chi connectivity index (χ2n) is 6.51. The molecule has 28 heavy (non-hydrogen) atoms. The Balaban J connectivity index is 1.44. The maximum atomic E-state index is 12.8. The average molecular weight is 395 g/mol. The van der Waals surface area contributed by atoms with Gasteiger partial charge in [0, 0.05) is 18.8 Å². The summed E-state index contributed by atoms with van der Waals surface area (Å²) in [5.41, 5.74) is 3.57. The van der Waals surface area contributed by atoms with Crippen molar-refractivity contribution in [3.05, 3.63) is 76.7 Å². The van der Waals surface area contributed by atoms with Crippen LogP contribution in [0.5, 0.6) is 5.75 Å². The van der Waals surface area contributed by atoms with Crippen LogP contribution in [0.4, 0.5) is 11.5 Å². The second-order valence-corrected chi connectivity index (χ2v) is 6.91. The molecule has 1 aliphatic rings. The first-order chi connectivity index (χ1) is 13.6. The summed E-state index contributed by atoms with van der Waals surface area (Å²) in [5.74, 6) is 1.02. The SMILES string of the molecule is COc1ccc(Nc2cnc(C(=O)N3CCc4ccccc4C3)cn2)cc1Cl. The number of amides is 1. The van der Waals surface area contributed by atoms with Crippen molar-refractivity contribution in [1.29, 1.82) is 0 Å². The largest absolute Gasteiger partial charge is 0.495 e. The molecule has 3 aromatic rings. The van der Waals surface area contributed by atoms with E-state index in [4.69, 9.17) is 16.3 Å². The van der Waals surface area contributed by atoms with Crippen molar-refractivity contribution in [3.63, 3.8) is 0 Å². The van der Waals surface area contributed by atoms with Gasteiger partial charge in [-0.25, -0.2) is 9.97 Å². The minimum Gasteiger partial charge on any atom is -0.495 e. The van der Waals surface area contributed by atoms with Crippen molar-refractivity contribution >= 4 is 29.0 Å². The van der Waals surface area contributed by atoms with Crippen LogP contribution >= 0.6 is 11.6 Å². The summed E-state index contributed by atoms with van der Waals surface area (Å²) >= 11 is 6.13. The van der Waals surface area contributed by atoms with Crippen LogP contribution in [-0.4, -0.2) is 34.4 Å². The first kappa shape index (κ1) is 18.3. The lowest BCUT2D eigenvalue weighted by molar-refractivity contribution is 0.0728. The van der Waals surface area contributed by atoms with Gasteiger partial charge in [-0.1, -0.05) is 35.9 Å². The Morgan fingerprint density at radius 2 is 1.96 bits per heavy atom. The summed E-state index contributed by atoms with van der Waals surface area (Å²) in [4.78, 5) is 23.2. The molecule has 1 N–H and O–H groups in total. The monoisotopic (exact) mass is 394 g/mol. The molecule has 4 rings (SSSR count). The predicted octanol–water partition coefficient (Wildman–Crippen LogP) is 4.08. The summed E-state index contributed by atoms with van der Waals surface area (Å²) in [6.45, 7) is 1.28. The molecule has 0 spiro atoms. The number of ether oxygens (including phenoxy) is 1. The van der Waals surface area contributed by atoms with Gasteiger partial charge in [0.2, 0.25) is 0 Å². The van der Waals surface area contributed by atoms with Crippen LogP contribution in [0.15, 0.2) is 54.9 Å². The van der Waals surface area contributed by atoms with Crippen LogP contribution in [0.25, 0.3) is 0 Å². The van der Waals surface area contributed by atoms with Crippen molar-refractivity contribution in [2.75, 3.05) is 19.0 Å². The van der Waals surface area contributed by atoms with Crippen molar-refractivity contribution in [3.8, 4) is 5.75 Å². The minimum atomic E-state index is -0.110. The fourth-order valence-corrected chi connectivity index (χ4v) is 3.48. The fourth-order valence-electron chi connectivity index (χ4n) is 3.23. The van der Waals surface area contributed by atoms with E-state index >= 15 is 0 Å². The van der Waals surface area contributed by atoms with Crippen molar-refractivity contribution in [1.82, 2.24) is 14.9 Å². The molecule has 0 saturated carbocycles. The van der Waals surface area contributed by atoms with Gasteiger partial charge in [-0.05, 0) is 35.7 Å². The molecule has 7 heteroatoms. The summed E-state index contributed by atoms with van der Waals surface area (Å²) < 4.78 is 5.14. The van der Waals surface area contributed by atoms with Crippen LogP contribution < -0.4 is 10.1 Å². The molecule has 0 aliphatic carbocycles. The zero-order valence-corrected chi connectivity index (χ0v) is 16.1. The molecule has 0 saturated heterocycles. The van der Waals surface area contributed by atoms with Crippen LogP contribution in [-0.2, 0) is 13.0 Å². The van der Waals surface area contributed by atoms with Crippen LogP contribution in [0, 0.1) is 0 Å². The Morgan fingerprint density at radius 3 is 2.68 bits per heavy atom. The number of nitrogens with zero attached hydrogens (tertiary/aromatic N) is 3. The van der Waals surface area contributed by atoms with Gasteiger partial charge < -0.3 is 15.0 Å². The van der Waals surface area contributed by atoms with E-state index in [1.54, 1.807) is 25.4 Å². The molecule has 1 amide bonds. The van der Waals surface area contributed by atoms with Gasteiger partial charge >= 0.3 is 0 Å². The number of methoxy groups -OCH3 is 1. The zero-order chi connectivity index (χ0) is 19.5. The smallest absolute Gasteiger partial charge is 0.274 e. The Morgan fingerprint density at radius 1 is 1.14 bits per heavy atom. The normalized spacial score (nSPS) is 13.0. The molecule has 0 radical (unpaired) electrons. The van der Waals surface area contributed by atoms with Gasteiger partial charge in [0.05, 0.1) is 24.5 Å². The zero-order valence-electron chi connectivity index (χ0n) is 15.4. The molecule has 0 unspecified atom stereocenters. The molecule has 2 aromatic carbocycles. The first-order valence-electron chi connectivity index (χ1n) is 8.92. The average Bonchev–Trinajstić information content (AvgIpc) is 2.73. The fraction of sp³-hybridized carbons (Fsp3) is 0.190. The number of aromatic nitrogens is 2. The van der Waals surface area contributed by atoms with E-state index in [1.807, 2.05) is 23.1 Å². The summed E-state index contributed by atoms with van der Waals surface area (Å²) in [6, 6.07) is 13.5. The molecule has 2 heterocycles. The molecule has 0 atom stereocenters. The lowest BCUT2D eigenvalue weighted by atomic mass is 10.00. The topological polar surface area (TPSA) is 67.3 Å². The second kappa shape index (κ2) is 7.86. The van der Waals surface area contributed by atoms with E-state index in [0.717, 1.165) is 12.1 Å². The quantitative estimate of drug-likeness (QED) is 0.722. The predicted molar refractivity (Wildman–Crippen MR) is 108 cm³/mol. The highest BCUT2D eigenvalue weighted by Gasteiger charge is 2.22. The highest BCUT2D eigenvalue weighted by molar-refractivity contribution is 6.32. The maximum absolute atomic E-state index is 12.8. The molecule has 0 bridgehead atoms. The van der Waals surface area contributed by atoms with Crippen LogP contribution in [0.3, 0.4) is 0 Å². The van der Waals surface area contributed by atoms with Gasteiger partial charge in [0.1, 0.15) is 17.3 Å². The van der Waals surface area contributed by atoms with E-state index in [9.17, 15) is 4.79 Å². The Hall–Kier alpha value is -3.12. The number of benzene rings is 2. The van der Waals surface area contributed by atoms with Crippen molar-refractivity contribution in [2.45, 2.75) is 13.0 Å². The lowest BCUT2D eigenvalue weighted by Gasteiger charge is -2.28. The number of nitrogens with one attached hydrogen (secondary N) is 1. The van der Waals surface area contributed by atoms with E-state index < -0.39 is 0 Å². The molecule has 142 valence electrons. The molecule has 0 fully saturated rings. The van der Waals surface area contributed by atoms with Gasteiger partial charge in [-0.15, -0.1) is 0 Å². The van der Waals surface area contributed by atoms with E-state index in [1.165, 1.54) is 17.3 Å². The third-order valence-electron chi connectivity index (χ3n) is 4.71. The Bertz CT molecular complexity index is 1010. The van der Waals surface area contributed by atoms with Crippen molar-refractivity contribution < 1.29 is 9.53 Å². The number of rotatable bonds is 4. The highest BCUT2D eigenvalue weighted by atomic mass is 35.5. The van der Waals surface area contributed by atoms with E-state index in [0.29, 0.717) is 35.4 Å². The number of carbonyl (C=O) groups excluding carboxylic acids is 1. The Kier molecular flexibility index (Phi) is 5.12. The summed E-state index contributed by atoms with van der Waals surface area (Å²) in [5, 5.41) is 3.61. The number of anilines is 2. The Labute approximate surface area is 168 Å². The number of hydrogen-bond acceptors (Lipinski definition) is 5. The molecule has 6 nitrogen and oxygen atoms in total. The first-order valence-corrected chi connectivity index (χ1v) is 9.30. The number of carbonyl (C=O) groups is 1. The standard InChI is InChI=1S/C21H19ClN4O2/c1-28-19-7-6-16(10-17(19)22)25-20-12-23-18(11-24-20)21(27)26-9-8-14-4-2-3-5-15(14)13-26/h2-7,10-12H,8-9,13H2,1H3,(H,24,25). The van der Waals surface area contributed by atoms with E-state index in [-0.39, 0.29) is 5.91 Å². The summed E-state index contributed by atoms with van der Waals surface area (Å²) in [6.07, 6.45) is 3.90. The lowest BCUT2D eigenvalue weighted by Crippen LogP contribution is -2.36. The number of hydrogen-bond donors (Lipinski definition) is 1. The van der Waals surface area contributed by atoms with Gasteiger partial charge in [-0.2, -0.15) is 0 Å². The third-order valence-corrected chi connectivity index (χ3v) is 5.01. The van der Waals surface area contributed by atoms with Crippen molar-refractivity contribution in [2.24, 2.45) is 0 Å². The molecular weight excluding hydrogens is 376 g/mol. The highest BCUT2D eigenvalue weighted by Crippen LogP contribution is 2.28. The van der Waals surface area contributed by atoms with Crippen LogP contribution in [0.1, 0.15) is 21.6 Å². The number of halogens is 1. The number of fused-ring (bicyclic) bond motifs is 1. The maximum Gasteiger partial charge on any atom is 0.274 e. The van der Waals surface area contributed by atoms with E-state index in [2.05, 4.69) is 27.4 Å². The van der Waals surface area contributed by atoms with Crippen LogP contribution in [0.2, 0.25) is 5.02 Å². The summed E-state index contributed by atoms with van der Waals surface area (Å²) in [7, 11) is 1.57. The molecule has 1 aliphatic heterocycles.